The first-order valence-electron chi connectivity index (χ1n) is 8.43. The number of halogens is 1. The van der Waals surface area contributed by atoms with E-state index in [4.69, 9.17) is 0 Å². The Morgan fingerprint density at radius 1 is 1.23 bits per heavy atom. The standard InChI is InChI=1S/C18H27FN2O/c1-2-3-4-11-20-18(22)16-9-12-21(13-10-16)14-15-5-7-17(19)8-6-15/h5-8,16H,2-4,9-14H2,1H3,(H,20,22). The van der Waals surface area contributed by atoms with E-state index in [1.54, 1.807) is 0 Å². The van der Waals surface area contributed by atoms with Crippen LogP contribution in [0.1, 0.15) is 44.6 Å². The highest BCUT2D eigenvalue weighted by Crippen LogP contribution is 2.19. The Labute approximate surface area is 132 Å². The Morgan fingerprint density at radius 3 is 2.55 bits per heavy atom. The van der Waals surface area contributed by atoms with Gasteiger partial charge in [-0.05, 0) is 50.0 Å². The zero-order valence-electron chi connectivity index (χ0n) is 13.5. The SMILES string of the molecule is CCCCCNC(=O)C1CCN(Cc2ccc(F)cc2)CC1. The maximum Gasteiger partial charge on any atom is 0.223 e. The molecular weight excluding hydrogens is 279 g/mol. The molecule has 0 aliphatic carbocycles. The fourth-order valence-electron chi connectivity index (χ4n) is 2.93. The Hall–Kier alpha value is -1.42. The van der Waals surface area contributed by atoms with Crippen LogP contribution in [0.25, 0.3) is 0 Å². The smallest absolute Gasteiger partial charge is 0.223 e. The van der Waals surface area contributed by atoms with Gasteiger partial charge in [0.25, 0.3) is 0 Å². The van der Waals surface area contributed by atoms with Crippen molar-refractivity contribution in [3.8, 4) is 0 Å². The summed E-state index contributed by atoms with van der Waals surface area (Å²) < 4.78 is 12.9. The summed E-state index contributed by atoms with van der Waals surface area (Å²) >= 11 is 0. The Balaban J connectivity index is 1.68. The molecule has 2 rings (SSSR count). The Kier molecular flexibility index (Phi) is 6.84. The minimum absolute atomic E-state index is 0.158. The third-order valence-electron chi connectivity index (χ3n) is 4.36. The van der Waals surface area contributed by atoms with Crippen LogP contribution in [0.4, 0.5) is 4.39 Å². The molecule has 1 aromatic rings. The summed E-state index contributed by atoms with van der Waals surface area (Å²) in [5.74, 6) is 0.186. The van der Waals surface area contributed by atoms with Gasteiger partial charge in [0.05, 0.1) is 0 Å². The highest BCUT2D eigenvalue weighted by Gasteiger charge is 2.24. The summed E-state index contributed by atoms with van der Waals surface area (Å²) in [6.07, 6.45) is 5.27. The number of nitrogens with zero attached hydrogens (tertiary/aromatic N) is 1. The highest BCUT2D eigenvalue weighted by molar-refractivity contribution is 5.78. The van der Waals surface area contributed by atoms with Crippen molar-refractivity contribution in [1.29, 1.82) is 0 Å². The topological polar surface area (TPSA) is 32.3 Å². The summed E-state index contributed by atoms with van der Waals surface area (Å²) in [7, 11) is 0. The van der Waals surface area contributed by atoms with Crippen molar-refractivity contribution in [2.24, 2.45) is 5.92 Å². The van der Waals surface area contributed by atoms with Crippen molar-refractivity contribution >= 4 is 5.91 Å². The van der Waals surface area contributed by atoms with E-state index in [-0.39, 0.29) is 17.6 Å². The van der Waals surface area contributed by atoms with Gasteiger partial charge in [0, 0.05) is 19.0 Å². The van der Waals surface area contributed by atoms with Crippen LogP contribution >= 0.6 is 0 Å². The molecule has 0 radical (unpaired) electrons. The first-order chi connectivity index (χ1) is 10.7. The maximum absolute atomic E-state index is 12.9. The number of rotatable bonds is 7. The number of benzene rings is 1. The van der Waals surface area contributed by atoms with Gasteiger partial charge in [0.2, 0.25) is 5.91 Å². The van der Waals surface area contributed by atoms with E-state index >= 15 is 0 Å². The van der Waals surface area contributed by atoms with E-state index in [0.717, 1.165) is 51.0 Å². The van der Waals surface area contributed by atoms with Crippen molar-refractivity contribution in [1.82, 2.24) is 10.2 Å². The van der Waals surface area contributed by atoms with Gasteiger partial charge in [-0.2, -0.15) is 0 Å². The third-order valence-corrected chi connectivity index (χ3v) is 4.36. The lowest BCUT2D eigenvalue weighted by Gasteiger charge is -2.31. The lowest BCUT2D eigenvalue weighted by Crippen LogP contribution is -2.40. The van der Waals surface area contributed by atoms with Crippen LogP contribution in [0.2, 0.25) is 0 Å². The normalized spacial score (nSPS) is 16.6. The number of hydrogen-bond acceptors (Lipinski definition) is 2. The molecule has 1 heterocycles. The minimum atomic E-state index is -0.192. The molecule has 1 fully saturated rings. The number of likely N-dealkylation sites (tertiary alicyclic amines) is 1. The van der Waals surface area contributed by atoms with Crippen molar-refractivity contribution in [2.75, 3.05) is 19.6 Å². The van der Waals surface area contributed by atoms with Crippen LogP contribution < -0.4 is 5.32 Å². The summed E-state index contributed by atoms with van der Waals surface area (Å²) in [6, 6.07) is 6.68. The van der Waals surface area contributed by atoms with E-state index in [1.807, 2.05) is 12.1 Å². The number of amides is 1. The number of hydrogen-bond donors (Lipinski definition) is 1. The van der Waals surface area contributed by atoms with E-state index < -0.39 is 0 Å². The molecule has 0 unspecified atom stereocenters. The molecule has 1 N–H and O–H groups in total. The number of nitrogens with one attached hydrogen (secondary N) is 1. The number of piperidine rings is 1. The molecule has 0 bridgehead atoms. The molecule has 3 nitrogen and oxygen atoms in total. The molecular formula is C18H27FN2O. The van der Waals surface area contributed by atoms with Gasteiger partial charge in [0.1, 0.15) is 5.82 Å². The second kappa shape index (κ2) is 8.89. The van der Waals surface area contributed by atoms with Crippen LogP contribution in [0.5, 0.6) is 0 Å². The first kappa shape index (κ1) is 16.9. The van der Waals surface area contributed by atoms with Gasteiger partial charge in [-0.1, -0.05) is 31.9 Å². The lowest BCUT2D eigenvalue weighted by atomic mass is 9.95. The number of unbranched alkanes of at least 4 members (excludes halogenated alkanes) is 2. The summed E-state index contributed by atoms with van der Waals surface area (Å²) in [6.45, 7) is 5.68. The van der Waals surface area contributed by atoms with Crippen LogP contribution in [0.15, 0.2) is 24.3 Å². The monoisotopic (exact) mass is 306 g/mol. The second-order valence-electron chi connectivity index (χ2n) is 6.18. The van der Waals surface area contributed by atoms with Gasteiger partial charge in [-0.25, -0.2) is 4.39 Å². The fourth-order valence-corrected chi connectivity index (χ4v) is 2.93. The molecule has 0 saturated carbocycles. The van der Waals surface area contributed by atoms with Gasteiger partial charge in [-0.3, -0.25) is 9.69 Å². The van der Waals surface area contributed by atoms with Crippen LogP contribution in [0, 0.1) is 11.7 Å². The molecule has 1 aliphatic rings. The molecule has 4 heteroatoms. The van der Waals surface area contributed by atoms with E-state index in [0.29, 0.717) is 0 Å². The van der Waals surface area contributed by atoms with Gasteiger partial charge in [-0.15, -0.1) is 0 Å². The van der Waals surface area contributed by atoms with Crippen LogP contribution in [-0.2, 0) is 11.3 Å². The van der Waals surface area contributed by atoms with Crippen LogP contribution in [0.3, 0.4) is 0 Å². The van der Waals surface area contributed by atoms with Crippen molar-refractivity contribution in [3.05, 3.63) is 35.6 Å². The average molecular weight is 306 g/mol. The van der Waals surface area contributed by atoms with E-state index in [2.05, 4.69) is 17.1 Å². The maximum atomic E-state index is 12.9. The highest BCUT2D eigenvalue weighted by atomic mass is 19.1. The molecule has 1 saturated heterocycles. The molecule has 1 aromatic carbocycles. The zero-order valence-corrected chi connectivity index (χ0v) is 13.5. The average Bonchev–Trinajstić information content (AvgIpc) is 2.54. The third kappa shape index (κ3) is 5.41. The molecule has 122 valence electrons. The first-order valence-corrected chi connectivity index (χ1v) is 8.43. The molecule has 0 aromatic heterocycles. The lowest BCUT2D eigenvalue weighted by molar-refractivity contribution is -0.126. The minimum Gasteiger partial charge on any atom is -0.356 e. The quantitative estimate of drug-likeness (QED) is 0.784. The van der Waals surface area contributed by atoms with Crippen molar-refractivity contribution < 1.29 is 9.18 Å². The number of carbonyl (C=O) groups is 1. The van der Waals surface area contributed by atoms with Crippen LogP contribution in [-0.4, -0.2) is 30.4 Å². The summed E-state index contributed by atoms with van der Waals surface area (Å²) in [4.78, 5) is 14.4. The van der Waals surface area contributed by atoms with E-state index in [9.17, 15) is 9.18 Å². The summed E-state index contributed by atoms with van der Waals surface area (Å²) in [5, 5.41) is 3.06. The predicted molar refractivity (Wildman–Crippen MR) is 86.9 cm³/mol. The Morgan fingerprint density at radius 2 is 1.91 bits per heavy atom. The molecule has 1 amide bonds. The largest absolute Gasteiger partial charge is 0.356 e. The fraction of sp³-hybridized carbons (Fsp3) is 0.611. The zero-order chi connectivity index (χ0) is 15.8. The van der Waals surface area contributed by atoms with Crippen molar-refractivity contribution in [3.63, 3.8) is 0 Å². The van der Waals surface area contributed by atoms with E-state index in [1.165, 1.54) is 25.0 Å². The molecule has 0 atom stereocenters. The Bertz CT molecular complexity index is 453. The van der Waals surface area contributed by atoms with Gasteiger partial charge >= 0.3 is 0 Å². The molecule has 1 aliphatic heterocycles. The van der Waals surface area contributed by atoms with Gasteiger partial charge < -0.3 is 5.32 Å². The number of carbonyl (C=O) groups excluding carboxylic acids is 1. The van der Waals surface area contributed by atoms with Crippen molar-refractivity contribution in [2.45, 2.75) is 45.6 Å². The van der Waals surface area contributed by atoms with Gasteiger partial charge in [0.15, 0.2) is 0 Å². The molecule has 0 spiro atoms. The summed E-state index contributed by atoms with van der Waals surface area (Å²) in [5.41, 5.74) is 1.13. The molecule has 22 heavy (non-hydrogen) atoms. The second-order valence-corrected chi connectivity index (χ2v) is 6.18. The predicted octanol–water partition coefficient (Wildman–Crippen LogP) is 3.34.